The van der Waals surface area contributed by atoms with Gasteiger partial charge in [0.25, 0.3) is 0 Å². The van der Waals surface area contributed by atoms with Gasteiger partial charge in [0.05, 0.1) is 18.1 Å². The lowest BCUT2D eigenvalue weighted by Gasteiger charge is -2.08. The molecule has 0 spiro atoms. The fourth-order valence-corrected chi connectivity index (χ4v) is 2.99. The predicted molar refractivity (Wildman–Crippen MR) is 45.2 cm³/mol. The van der Waals surface area contributed by atoms with E-state index in [0.29, 0.717) is 25.3 Å². The predicted octanol–water partition coefficient (Wildman–Crippen LogP) is -1.35. The molecule has 0 aromatic carbocycles. The lowest BCUT2D eigenvalue weighted by Crippen LogP contribution is -2.33. The molecule has 0 bridgehead atoms. The van der Waals surface area contributed by atoms with Crippen LogP contribution in [0.5, 0.6) is 0 Å². The lowest BCUT2D eigenvalue weighted by atomic mass is 10.3. The minimum atomic E-state index is -2.77. The van der Waals surface area contributed by atoms with E-state index in [-0.39, 0.29) is 11.8 Å². The van der Waals surface area contributed by atoms with E-state index in [4.69, 9.17) is 5.90 Å². The molecule has 0 amide bonds. The number of rotatable bonds is 4. The lowest BCUT2D eigenvalue weighted by molar-refractivity contribution is 0.138. The summed E-state index contributed by atoms with van der Waals surface area (Å²) in [6, 6.07) is 0.0881. The average molecular weight is 194 g/mol. The van der Waals surface area contributed by atoms with E-state index in [9.17, 15) is 8.42 Å². The quantitative estimate of drug-likeness (QED) is 0.427. The van der Waals surface area contributed by atoms with Crippen LogP contribution in [0, 0.1) is 0 Å². The van der Waals surface area contributed by atoms with Gasteiger partial charge in [-0.2, -0.15) is 0 Å². The molecule has 0 radical (unpaired) electrons. The molecule has 1 saturated heterocycles. The van der Waals surface area contributed by atoms with Crippen LogP contribution in [-0.4, -0.2) is 39.1 Å². The molecular formula is C6H14N2O3S. The third kappa shape index (κ3) is 3.06. The SMILES string of the molecule is NOCCNC1CCS(=O)(=O)C1. The Bertz CT molecular complexity index is 227. The molecule has 72 valence electrons. The third-order valence-electron chi connectivity index (χ3n) is 1.89. The second kappa shape index (κ2) is 4.18. The molecule has 0 saturated carbocycles. The van der Waals surface area contributed by atoms with Crippen LogP contribution in [0.2, 0.25) is 0 Å². The maximum atomic E-state index is 11.0. The number of nitrogens with one attached hydrogen (secondary N) is 1. The number of nitrogens with two attached hydrogens (primary N) is 1. The molecule has 3 N–H and O–H groups in total. The zero-order valence-electron chi connectivity index (χ0n) is 6.82. The summed E-state index contributed by atoms with van der Waals surface area (Å²) in [7, 11) is -2.77. The zero-order chi connectivity index (χ0) is 9.03. The van der Waals surface area contributed by atoms with Crippen LogP contribution in [0.15, 0.2) is 0 Å². The van der Waals surface area contributed by atoms with Crippen molar-refractivity contribution in [1.29, 1.82) is 0 Å². The summed E-state index contributed by atoms with van der Waals surface area (Å²) in [5, 5.41) is 3.05. The van der Waals surface area contributed by atoms with E-state index in [0.717, 1.165) is 0 Å². The van der Waals surface area contributed by atoms with Gasteiger partial charge in [-0.1, -0.05) is 0 Å². The molecule has 0 aliphatic carbocycles. The van der Waals surface area contributed by atoms with Gasteiger partial charge in [-0.25, -0.2) is 14.3 Å². The number of hydrogen-bond acceptors (Lipinski definition) is 5. The van der Waals surface area contributed by atoms with Crippen molar-refractivity contribution in [2.24, 2.45) is 5.90 Å². The first-order valence-corrected chi connectivity index (χ1v) is 5.72. The Morgan fingerprint density at radius 3 is 2.83 bits per heavy atom. The molecule has 0 aromatic rings. The number of sulfone groups is 1. The molecule has 5 nitrogen and oxygen atoms in total. The summed E-state index contributed by atoms with van der Waals surface area (Å²) < 4.78 is 22.0. The van der Waals surface area contributed by atoms with Crippen LogP contribution in [0.3, 0.4) is 0 Å². The Hall–Kier alpha value is -0.170. The Labute approximate surface area is 72.1 Å². The van der Waals surface area contributed by atoms with Gasteiger partial charge in [0.2, 0.25) is 0 Å². The molecule has 0 aromatic heterocycles. The van der Waals surface area contributed by atoms with Crippen LogP contribution in [-0.2, 0) is 14.7 Å². The van der Waals surface area contributed by atoms with Gasteiger partial charge in [0, 0.05) is 12.6 Å². The highest BCUT2D eigenvalue weighted by Gasteiger charge is 2.26. The van der Waals surface area contributed by atoms with E-state index < -0.39 is 9.84 Å². The maximum Gasteiger partial charge on any atom is 0.151 e. The largest absolute Gasteiger partial charge is 0.311 e. The van der Waals surface area contributed by atoms with Crippen molar-refractivity contribution < 1.29 is 13.3 Å². The minimum Gasteiger partial charge on any atom is -0.311 e. The molecule has 1 unspecified atom stereocenters. The first-order valence-electron chi connectivity index (χ1n) is 3.89. The third-order valence-corrected chi connectivity index (χ3v) is 3.65. The fourth-order valence-electron chi connectivity index (χ4n) is 1.28. The van der Waals surface area contributed by atoms with Crippen molar-refractivity contribution in [2.45, 2.75) is 12.5 Å². The highest BCUT2D eigenvalue weighted by molar-refractivity contribution is 7.91. The van der Waals surface area contributed by atoms with Crippen molar-refractivity contribution in [3.8, 4) is 0 Å². The summed E-state index contributed by atoms with van der Waals surface area (Å²) in [4.78, 5) is 4.34. The summed E-state index contributed by atoms with van der Waals surface area (Å²) in [5.41, 5.74) is 0. The van der Waals surface area contributed by atoms with Crippen LogP contribution in [0.4, 0.5) is 0 Å². The van der Waals surface area contributed by atoms with Gasteiger partial charge in [-0.05, 0) is 6.42 Å². The van der Waals surface area contributed by atoms with Crippen LogP contribution < -0.4 is 11.2 Å². The molecule has 1 fully saturated rings. The van der Waals surface area contributed by atoms with Gasteiger partial charge in [-0.3, -0.25) is 0 Å². The monoisotopic (exact) mass is 194 g/mol. The molecular weight excluding hydrogens is 180 g/mol. The van der Waals surface area contributed by atoms with Crippen molar-refractivity contribution >= 4 is 9.84 Å². The average Bonchev–Trinajstić information content (AvgIpc) is 2.31. The molecule has 6 heteroatoms. The summed E-state index contributed by atoms with van der Waals surface area (Å²) in [6.45, 7) is 1.02. The Morgan fingerprint density at radius 2 is 2.33 bits per heavy atom. The van der Waals surface area contributed by atoms with Gasteiger partial charge in [0.1, 0.15) is 0 Å². The van der Waals surface area contributed by atoms with E-state index >= 15 is 0 Å². The first kappa shape index (κ1) is 9.91. The second-order valence-corrected chi connectivity index (χ2v) is 5.15. The van der Waals surface area contributed by atoms with Crippen LogP contribution in [0.1, 0.15) is 6.42 Å². The Balaban J connectivity index is 2.20. The molecule has 1 aliphatic heterocycles. The minimum absolute atomic E-state index is 0.0881. The summed E-state index contributed by atoms with van der Waals surface area (Å²) >= 11 is 0. The Morgan fingerprint density at radius 1 is 1.58 bits per heavy atom. The van der Waals surface area contributed by atoms with Gasteiger partial charge >= 0.3 is 0 Å². The van der Waals surface area contributed by atoms with Crippen LogP contribution in [0.25, 0.3) is 0 Å². The van der Waals surface area contributed by atoms with E-state index in [2.05, 4.69) is 10.2 Å². The number of hydrogen-bond donors (Lipinski definition) is 2. The molecule has 12 heavy (non-hydrogen) atoms. The molecule has 1 atom stereocenters. The smallest absolute Gasteiger partial charge is 0.151 e. The normalized spacial score (nSPS) is 27.6. The molecule has 1 rings (SSSR count). The van der Waals surface area contributed by atoms with Gasteiger partial charge in [-0.15, -0.1) is 0 Å². The van der Waals surface area contributed by atoms with Gasteiger partial charge < -0.3 is 10.2 Å². The van der Waals surface area contributed by atoms with Crippen molar-refractivity contribution in [3.63, 3.8) is 0 Å². The van der Waals surface area contributed by atoms with E-state index in [1.54, 1.807) is 0 Å². The zero-order valence-corrected chi connectivity index (χ0v) is 7.64. The van der Waals surface area contributed by atoms with Crippen LogP contribution >= 0.6 is 0 Å². The van der Waals surface area contributed by atoms with Crippen molar-refractivity contribution in [1.82, 2.24) is 5.32 Å². The highest BCUT2D eigenvalue weighted by atomic mass is 32.2. The second-order valence-electron chi connectivity index (χ2n) is 2.92. The van der Waals surface area contributed by atoms with Crippen molar-refractivity contribution in [2.75, 3.05) is 24.7 Å². The maximum absolute atomic E-state index is 11.0. The summed E-state index contributed by atoms with van der Waals surface area (Å²) in [5.74, 6) is 5.36. The Kier molecular flexibility index (Phi) is 3.45. The van der Waals surface area contributed by atoms with Crippen molar-refractivity contribution in [3.05, 3.63) is 0 Å². The highest BCUT2D eigenvalue weighted by Crippen LogP contribution is 2.10. The standard InChI is InChI=1S/C6H14N2O3S/c7-11-3-2-8-6-1-4-12(9,10)5-6/h6,8H,1-5,7H2. The first-order chi connectivity index (χ1) is 5.64. The van der Waals surface area contributed by atoms with Gasteiger partial charge in [0.15, 0.2) is 9.84 Å². The fraction of sp³-hybridized carbons (Fsp3) is 1.00. The summed E-state index contributed by atoms with van der Waals surface area (Å²) in [6.07, 6.45) is 0.701. The van der Waals surface area contributed by atoms with E-state index in [1.165, 1.54) is 0 Å². The topological polar surface area (TPSA) is 81.4 Å². The molecule has 1 heterocycles. The molecule has 1 aliphatic rings. The van der Waals surface area contributed by atoms with E-state index in [1.807, 2.05) is 0 Å².